The zero-order chi connectivity index (χ0) is 8.85. The summed E-state index contributed by atoms with van der Waals surface area (Å²) in [4.78, 5) is 10.9. The Kier molecular flexibility index (Phi) is 4.86. The fourth-order valence-electron chi connectivity index (χ4n) is 0.876. The van der Waals surface area contributed by atoms with Gasteiger partial charge in [0.25, 0.3) is 0 Å². The minimum Gasteiger partial charge on any atom is -0.381 e. The zero-order valence-corrected chi connectivity index (χ0v) is 7.68. The molecule has 0 heterocycles. The average molecular weight is 159 g/mol. The maximum atomic E-state index is 10.9. The molecule has 66 valence electrons. The molecule has 0 radical (unpaired) electrons. The summed E-state index contributed by atoms with van der Waals surface area (Å²) in [6, 6.07) is 0. The number of carbonyl (C=O) groups excluding carboxylic acids is 1. The van der Waals surface area contributed by atoms with Crippen molar-refractivity contribution in [2.45, 2.75) is 26.4 Å². The first-order chi connectivity index (χ1) is 5.11. The molecule has 0 bridgehead atoms. The molecule has 3 heteroatoms. The van der Waals surface area contributed by atoms with Crippen LogP contribution < -0.4 is 5.32 Å². The number of ether oxygens (including phenoxy) is 1. The summed E-state index contributed by atoms with van der Waals surface area (Å²) in [5.41, 5.74) is 0. The first-order valence-electron chi connectivity index (χ1n) is 3.85. The maximum absolute atomic E-state index is 10.9. The summed E-state index contributed by atoms with van der Waals surface area (Å²) in [5, 5.41) is 2.57. The summed E-state index contributed by atoms with van der Waals surface area (Å²) in [6.45, 7) is 4.08. The molecule has 0 aromatic heterocycles. The zero-order valence-electron chi connectivity index (χ0n) is 7.68. The second-order valence-corrected chi connectivity index (χ2v) is 2.90. The lowest BCUT2D eigenvalue weighted by Gasteiger charge is -2.17. The van der Waals surface area contributed by atoms with Crippen LogP contribution in [0.1, 0.15) is 20.3 Å². The first-order valence-corrected chi connectivity index (χ1v) is 3.85. The van der Waals surface area contributed by atoms with Crippen LogP contribution >= 0.6 is 0 Å². The molecule has 1 N–H and O–H groups in total. The molecule has 0 aromatic rings. The van der Waals surface area contributed by atoms with Crippen molar-refractivity contribution >= 4 is 5.91 Å². The van der Waals surface area contributed by atoms with Gasteiger partial charge in [0.2, 0.25) is 5.91 Å². The molecule has 3 nitrogen and oxygen atoms in total. The van der Waals surface area contributed by atoms with E-state index in [1.54, 1.807) is 14.2 Å². The molecule has 0 aromatic carbocycles. The minimum atomic E-state index is 0.0329. The van der Waals surface area contributed by atoms with Crippen LogP contribution in [-0.2, 0) is 9.53 Å². The molecule has 0 aliphatic rings. The minimum absolute atomic E-state index is 0.0329. The van der Waals surface area contributed by atoms with Crippen LogP contribution in [0.5, 0.6) is 0 Å². The monoisotopic (exact) mass is 159 g/mol. The van der Waals surface area contributed by atoms with Gasteiger partial charge in [0.05, 0.1) is 12.5 Å². The molecule has 0 fully saturated rings. The highest BCUT2D eigenvalue weighted by Gasteiger charge is 2.15. The highest BCUT2D eigenvalue weighted by Crippen LogP contribution is 2.08. The fraction of sp³-hybridized carbons (Fsp3) is 0.875. The molecule has 0 saturated heterocycles. The molecule has 0 spiro atoms. The third kappa shape index (κ3) is 3.98. The van der Waals surface area contributed by atoms with E-state index in [-0.39, 0.29) is 12.0 Å². The van der Waals surface area contributed by atoms with Crippen LogP contribution in [0.25, 0.3) is 0 Å². The second kappa shape index (κ2) is 5.13. The van der Waals surface area contributed by atoms with Crippen LogP contribution in [0.15, 0.2) is 0 Å². The molecule has 11 heavy (non-hydrogen) atoms. The van der Waals surface area contributed by atoms with Crippen molar-refractivity contribution in [1.29, 1.82) is 0 Å². The van der Waals surface area contributed by atoms with Gasteiger partial charge in [0.1, 0.15) is 0 Å². The van der Waals surface area contributed by atoms with Gasteiger partial charge in [-0.2, -0.15) is 0 Å². The Bertz CT molecular complexity index is 123. The van der Waals surface area contributed by atoms with E-state index in [0.717, 1.165) is 0 Å². The number of nitrogens with one attached hydrogen (secondary N) is 1. The predicted molar refractivity (Wildman–Crippen MR) is 44.3 cm³/mol. The second-order valence-electron chi connectivity index (χ2n) is 2.90. The quantitative estimate of drug-likeness (QED) is 0.658. The van der Waals surface area contributed by atoms with Gasteiger partial charge in [-0.15, -0.1) is 0 Å². The van der Waals surface area contributed by atoms with Crippen LogP contribution in [0, 0.1) is 5.92 Å². The van der Waals surface area contributed by atoms with Crippen molar-refractivity contribution in [3.8, 4) is 0 Å². The molecule has 0 aliphatic carbocycles. The Labute approximate surface area is 68.1 Å². The van der Waals surface area contributed by atoms with Gasteiger partial charge in [0, 0.05) is 14.2 Å². The number of carbonyl (C=O) groups is 1. The lowest BCUT2D eigenvalue weighted by atomic mass is 10.0. The van der Waals surface area contributed by atoms with Gasteiger partial charge in [-0.3, -0.25) is 4.79 Å². The topological polar surface area (TPSA) is 38.3 Å². The van der Waals surface area contributed by atoms with Gasteiger partial charge in [-0.25, -0.2) is 0 Å². The summed E-state index contributed by atoms with van der Waals surface area (Å²) in [6.07, 6.45) is 0.486. The molecular weight excluding hydrogens is 142 g/mol. The Morgan fingerprint density at radius 3 is 2.36 bits per heavy atom. The van der Waals surface area contributed by atoms with Crippen LogP contribution in [-0.4, -0.2) is 26.2 Å². The third-order valence-electron chi connectivity index (χ3n) is 1.71. The van der Waals surface area contributed by atoms with E-state index < -0.39 is 0 Å². The van der Waals surface area contributed by atoms with Gasteiger partial charge >= 0.3 is 0 Å². The van der Waals surface area contributed by atoms with Gasteiger partial charge in [-0.05, 0) is 5.92 Å². The standard InChI is InChI=1S/C8H17NO2/c1-6(2)7(11-4)5-8(10)9-3/h6-7H,5H2,1-4H3,(H,9,10). The number of rotatable bonds is 4. The summed E-state index contributed by atoms with van der Waals surface area (Å²) in [5.74, 6) is 0.419. The van der Waals surface area contributed by atoms with Crippen molar-refractivity contribution < 1.29 is 9.53 Å². The average Bonchev–Trinajstić information content (AvgIpc) is 1.99. The van der Waals surface area contributed by atoms with Crippen molar-refractivity contribution in [1.82, 2.24) is 5.32 Å². The Balaban J connectivity index is 3.78. The highest BCUT2D eigenvalue weighted by atomic mass is 16.5. The van der Waals surface area contributed by atoms with E-state index in [0.29, 0.717) is 12.3 Å². The largest absolute Gasteiger partial charge is 0.381 e. The van der Waals surface area contributed by atoms with E-state index in [4.69, 9.17) is 4.74 Å². The highest BCUT2D eigenvalue weighted by molar-refractivity contribution is 5.76. The van der Waals surface area contributed by atoms with E-state index in [1.807, 2.05) is 13.8 Å². The van der Waals surface area contributed by atoms with Crippen molar-refractivity contribution in [3.63, 3.8) is 0 Å². The normalized spacial score (nSPS) is 13.2. The van der Waals surface area contributed by atoms with Gasteiger partial charge in [0.15, 0.2) is 0 Å². The first kappa shape index (κ1) is 10.4. The van der Waals surface area contributed by atoms with Gasteiger partial charge < -0.3 is 10.1 Å². The molecule has 0 saturated carbocycles. The Hall–Kier alpha value is -0.570. The number of hydrogen-bond donors (Lipinski definition) is 1. The van der Waals surface area contributed by atoms with E-state index in [1.165, 1.54) is 0 Å². The number of methoxy groups -OCH3 is 1. The third-order valence-corrected chi connectivity index (χ3v) is 1.71. The summed E-state index contributed by atoms with van der Waals surface area (Å²) >= 11 is 0. The number of amides is 1. The number of hydrogen-bond acceptors (Lipinski definition) is 2. The van der Waals surface area contributed by atoms with Crippen molar-refractivity contribution in [2.24, 2.45) is 5.92 Å². The van der Waals surface area contributed by atoms with Crippen LogP contribution in [0.2, 0.25) is 0 Å². The summed E-state index contributed by atoms with van der Waals surface area (Å²) in [7, 11) is 3.27. The molecular formula is C8H17NO2. The molecule has 1 amide bonds. The van der Waals surface area contributed by atoms with Gasteiger partial charge in [-0.1, -0.05) is 13.8 Å². The van der Waals surface area contributed by atoms with E-state index >= 15 is 0 Å². The smallest absolute Gasteiger partial charge is 0.222 e. The Morgan fingerprint density at radius 1 is 1.55 bits per heavy atom. The van der Waals surface area contributed by atoms with Crippen LogP contribution in [0.4, 0.5) is 0 Å². The lowest BCUT2D eigenvalue weighted by molar-refractivity contribution is -0.123. The molecule has 0 aliphatic heterocycles. The van der Waals surface area contributed by atoms with Crippen molar-refractivity contribution in [2.75, 3.05) is 14.2 Å². The predicted octanol–water partition coefficient (Wildman–Crippen LogP) is 0.793. The Morgan fingerprint density at radius 2 is 2.09 bits per heavy atom. The maximum Gasteiger partial charge on any atom is 0.222 e. The molecule has 1 unspecified atom stereocenters. The van der Waals surface area contributed by atoms with E-state index in [9.17, 15) is 4.79 Å². The lowest BCUT2D eigenvalue weighted by Crippen LogP contribution is -2.28. The van der Waals surface area contributed by atoms with E-state index in [2.05, 4.69) is 5.32 Å². The fourth-order valence-corrected chi connectivity index (χ4v) is 0.876. The van der Waals surface area contributed by atoms with Crippen LogP contribution in [0.3, 0.4) is 0 Å². The SMILES string of the molecule is CNC(=O)CC(OC)C(C)C. The summed E-state index contributed by atoms with van der Waals surface area (Å²) < 4.78 is 5.12. The molecule has 1 atom stereocenters. The van der Waals surface area contributed by atoms with Crippen molar-refractivity contribution in [3.05, 3.63) is 0 Å². The molecule has 0 rings (SSSR count).